The lowest BCUT2D eigenvalue weighted by atomic mass is 10.0. The predicted octanol–water partition coefficient (Wildman–Crippen LogP) is 1.74. The number of carboxylic acid groups (broad SMARTS) is 1. The smallest absolute Gasteiger partial charge is 0.407 e. The fourth-order valence-corrected chi connectivity index (χ4v) is 2.90. The van der Waals surface area contributed by atoms with Crippen molar-refractivity contribution in [2.45, 2.75) is 12.5 Å². The molecular formula is C16H20N2O4. The summed E-state index contributed by atoms with van der Waals surface area (Å²) in [5.74, 6) is 0.827. The van der Waals surface area contributed by atoms with Gasteiger partial charge in [-0.15, -0.1) is 0 Å². The van der Waals surface area contributed by atoms with Crippen LogP contribution in [-0.2, 0) is 15.9 Å². The highest BCUT2D eigenvalue weighted by Gasteiger charge is 2.30. The lowest BCUT2D eigenvalue weighted by Gasteiger charge is -2.38. The Hall–Kier alpha value is -2.21. The zero-order chi connectivity index (χ0) is 15.4. The Bertz CT molecular complexity index is 538. The van der Waals surface area contributed by atoms with Gasteiger partial charge < -0.3 is 19.5 Å². The minimum absolute atomic E-state index is 0.0841. The molecule has 0 bridgehead atoms. The fraction of sp³-hybridized carbons (Fsp3) is 0.438. The first-order chi connectivity index (χ1) is 10.7. The number of nitrogens with zero attached hydrogens (tertiary/aromatic N) is 2. The molecule has 0 aromatic heterocycles. The van der Waals surface area contributed by atoms with E-state index < -0.39 is 6.09 Å². The van der Waals surface area contributed by atoms with Crippen LogP contribution in [0.15, 0.2) is 42.4 Å². The van der Waals surface area contributed by atoms with Crippen LogP contribution in [0.1, 0.15) is 5.56 Å². The average Bonchev–Trinajstić information content (AvgIpc) is 3.08. The fourth-order valence-electron chi connectivity index (χ4n) is 2.90. The molecule has 1 amide bonds. The molecule has 0 aliphatic carbocycles. The molecule has 1 saturated heterocycles. The molecule has 22 heavy (non-hydrogen) atoms. The van der Waals surface area contributed by atoms with E-state index in [-0.39, 0.29) is 12.8 Å². The third-order valence-electron chi connectivity index (χ3n) is 4.12. The standard InChI is InChI=1S/C16H20N2O4/c19-16(20)18-8-6-17(7-9-18)14(15-11-21-12-22-15)10-13-4-2-1-3-5-13/h1-5,11,14H,6-10,12H2,(H,19,20). The first kappa shape index (κ1) is 14.7. The molecule has 2 aliphatic rings. The average molecular weight is 304 g/mol. The van der Waals surface area contributed by atoms with E-state index in [1.165, 1.54) is 10.5 Å². The Morgan fingerprint density at radius 3 is 2.50 bits per heavy atom. The number of amides is 1. The van der Waals surface area contributed by atoms with Crippen molar-refractivity contribution in [1.29, 1.82) is 0 Å². The van der Waals surface area contributed by atoms with Crippen molar-refractivity contribution in [1.82, 2.24) is 9.80 Å². The quantitative estimate of drug-likeness (QED) is 0.918. The molecule has 1 unspecified atom stereocenters. The summed E-state index contributed by atoms with van der Waals surface area (Å²) in [6.45, 7) is 2.70. The van der Waals surface area contributed by atoms with Gasteiger partial charge in [-0.1, -0.05) is 30.3 Å². The van der Waals surface area contributed by atoms with Gasteiger partial charge in [0, 0.05) is 26.2 Å². The van der Waals surface area contributed by atoms with Gasteiger partial charge in [0.2, 0.25) is 6.79 Å². The maximum Gasteiger partial charge on any atom is 0.407 e. The van der Waals surface area contributed by atoms with Crippen LogP contribution in [0.3, 0.4) is 0 Å². The highest BCUT2D eigenvalue weighted by Crippen LogP contribution is 2.22. The van der Waals surface area contributed by atoms with Crippen LogP contribution < -0.4 is 0 Å². The largest absolute Gasteiger partial charge is 0.465 e. The SMILES string of the molecule is O=C(O)N1CCN(C(Cc2ccccc2)C2=COCO2)CC1. The van der Waals surface area contributed by atoms with Crippen LogP contribution in [0.5, 0.6) is 0 Å². The highest BCUT2D eigenvalue weighted by molar-refractivity contribution is 5.65. The van der Waals surface area contributed by atoms with Crippen LogP contribution in [-0.4, -0.2) is 60.0 Å². The number of ether oxygens (including phenoxy) is 2. The van der Waals surface area contributed by atoms with Crippen molar-refractivity contribution in [3.05, 3.63) is 47.9 Å². The maximum absolute atomic E-state index is 11.0. The summed E-state index contributed by atoms with van der Waals surface area (Å²) in [5, 5.41) is 9.06. The molecule has 2 heterocycles. The zero-order valence-corrected chi connectivity index (χ0v) is 12.4. The summed E-state index contributed by atoms with van der Waals surface area (Å²) < 4.78 is 10.8. The third-order valence-corrected chi connectivity index (χ3v) is 4.12. The second-order valence-electron chi connectivity index (χ2n) is 5.46. The molecule has 1 fully saturated rings. The molecule has 1 aromatic rings. The first-order valence-corrected chi connectivity index (χ1v) is 7.44. The monoisotopic (exact) mass is 304 g/mol. The summed E-state index contributed by atoms with van der Waals surface area (Å²) in [5.41, 5.74) is 1.23. The number of carbonyl (C=O) groups is 1. The second kappa shape index (κ2) is 6.70. The topological polar surface area (TPSA) is 62.2 Å². The number of hydrogen-bond acceptors (Lipinski definition) is 4. The minimum atomic E-state index is -0.848. The van der Waals surface area contributed by atoms with Crippen molar-refractivity contribution in [2.24, 2.45) is 0 Å². The molecule has 0 spiro atoms. The summed E-state index contributed by atoms with van der Waals surface area (Å²) in [4.78, 5) is 14.8. The second-order valence-corrected chi connectivity index (χ2v) is 5.46. The summed E-state index contributed by atoms with van der Waals surface area (Å²) in [7, 11) is 0. The lowest BCUT2D eigenvalue weighted by molar-refractivity contribution is 0.0457. The molecule has 6 heteroatoms. The van der Waals surface area contributed by atoms with Gasteiger partial charge in [0.1, 0.15) is 6.26 Å². The lowest BCUT2D eigenvalue weighted by Crippen LogP contribution is -2.52. The maximum atomic E-state index is 11.0. The van der Waals surface area contributed by atoms with Gasteiger partial charge in [-0.2, -0.15) is 0 Å². The third kappa shape index (κ3) is 3.33. The first-order valence-electron chi connectivity index (χ1n) is 7.44. The van der Waals surface area contributed by atoms with E-state index in [2.05, 4.69) is 17.0 Å². The number of piperazine rings is 1. The Balaban J connectivity index is 1.70. The van der Waals surface area contributed by atoms with E-state index in [4.69, 9.17) is 14.6 Å². The summed E-state index contributed by atoms with van der Waals surface area (Å²) >= 11 is 0. The van der Waals surface area contributed by atoms with Crippen molar-refractivity contribution in [3.63, 3.8) is 0 Å². The van der Waals surface area contributed by atoms with E-state index in [1.807, 2.05) is 18.2 Å². The molecule has 0 radical (unpaired) electrons. The van der Waals surface area contributed by atoms with E-state index in [9.17, 15) is 4.79 Å². The van der Waals surface area contributed by atoms with Gasteiger partial charge in [0.25, 0.3) is 0 Å². The van der Waals surface area contributed by atoms with Crippen molar-refractivity contribution < 1.29 is 19.4 Å². The van der Waals surface area contributed by atoms with Crippen LogP contribution >= 0.6 is 0 Å². The Morgan fingerprint density at radius 1 is 1.18 bits per heavy atom. The Kier molecular flexibility index (Phi) is 4.48. The number of hydrogen-bond donors (Lipinski definition) is 1. The zero-order valence-electron chi connectivity index (χ0n) is 12.4. The Morgan fingerprint density at radius 2 is 1.91 bits per heavy atom. The van der Waals surface area contributed by atoms with Crippen molar-refractivity contribution in [2.75, 3.05) is 33.0 Å². The van der Waals surface area contributed by atoms with E-state index in [1.54, 1.807) is 6.26 Å². The van der Waals surface area contributed by atoms with Crippen molar-refractivity contribution in [3.8, 4) is 0 Å². The van der Waals surface area contributed by atoms with Crippen molar-refractivity contribution >= 4 is 6.09 Å². The molecule has 0 saturated carbocycles. The molecular weight excluding hydrogens is 284 g/mol. The van der Waals surface area contributed by atoms with Gasteiger partial charge in [0.05, 0.1) is 6.04 Å². The molecule has 1 N–H and O–H groups in total. The number of benzene rings is 1. The highest BCUT2D eigenvalue weighted by atomic mass is 16.7. The molecule has 1 atom stereocenters. The predicted molar refractivity (Wildman–Crippen MR) is 80.2 cm³/mol. The molecule has 6 nitrogen and oxygen atoms in total. The van der Waals surface area contributed by atoms with Gasteiger partial charge in [-0.05, 0) is 12.0 Å². The molecule has 118 valence electrons. The normalized spacial score (nSPS) is 20.0. The molecule has 2 aliphatic heterocycles. The number of rotatable bonds is 4. The van der Waals surface area contributed by atoms with Gasteiger partial charge in [0.15, 0.2) is 5.76 Å². The molecule has 3 rings (SSSR count). The minimum Gasteiger partial charge on any atom is -0.465 e. The van der Waals surface area contributed by atoms with Crippen LogP contribution in [0.25, 0.3) is 0 Å². The van der Waals surface area contributed by atoms with Crippen LogP contribution in [0.4, 0.5) is 4.79 Å². The van der Waals surface area contributed by atoms with Crippen LogP contribution in [0, 0.1) is 0 Å². The van der Waals surface area contributed by atoms with E-state index in [0.29, 0.717) is 26.2 Å². The van der Waals surface area contributed by atoms with Gasteiger partial charge in [-0.3, -0.25) is 4.90 Å². The van der Waals surface area contributed by atoms with E-state index >= 15 is 0 Å². The van der Waals surface area contributed by atoms with Gasteiger partial charge in [-0.25, -0.2) is 4.79 Å². The Labute approximate surface area is 129 Å². The summed E-state index contributed by atoms with van der Waals surface area (Å²) in [6, 6.07) is 10.3. The molecule has 1 aromatic carbocycles. The van der Waals surface area contributed by atoms with Crippen LogP contribution in [0.2, 0.25) is 0 Å². The van der Waals surface area contributed by atoms with Gasteiger partial charge >= 0.3 is 6.09 Å². The summed E-state index contributed by atoms with van der Waals surface area (Å²) in [6.07, 6.45) is 1.65. The van der Waals surface area contributed by atoms with E-state index in [0.717, 1.165) is 12.2 Å².